The van der Waals surface area contributed by atoms with Crippen molar-refractivity contribution in [1.29, 1.82) is 0 Å². The summed E-state index contributed by atoms with van der Waals surface area (Å²) in [6.45, 7) is 3.72. The van der Waals surface area contributed by atoms with E-state index in [0.717, 1.165) is 51.1 Å². The Morgan fingerprint density at radius 2 is 1.40 bits per heavy atom. The Morgan fingerprint density at radius 1 is 0.833 bits per heavy atom. The number of piperidine rings is 1. The number of benzene rings is 2. The number of carbonyl (C=O) groups excluding carboxylic acids is 2. The minimum absolute atomic E-state index is 0.0427. The molecule has 2 fully saturated rings. The molecule has 4 rings (SSSR count). The summed E-state index contributed by atoms with van der Waals surface area (Å²) in [5.74, 6) is 1.19. The zero-order valence-corrected chi connectivity index (χ0v) is 17.8. The lowest BCUT2D eigenvalue weighted by molar-refractivity contribution is 0.0633. The van der Waals surface area contributed by atoms with E-state index < -0.39 is 0 Å². The van der Waals surface area contributed by atoms with Crippen LogP contribution in [0, 0.1) is 5.92 Å². The van der Waals surface area contributed by atoms with Crippen LogP contribution < -0.4 is 4.74 Å². The Labute approximate surface area is 182 Å². The van der Waals surface area contributed by atoms with E-state index in [-0.39, 0.29) is 11.8 Å². The third kappa shape index (κ3) is 4.96. The molecule has 0 N–H and O–H groups in total. The number of hydrogen-bond donors (Lipinski definition) is 0. The number of amides is 2. The van der Waals surface area contributed by atoms with Gasteiger partial charge in [0.15, 0.2) is 0 Å². The SMILES string of the molecule is O=C(c1ccc(OCC2CCCN(C(=O)c3ccc(Cl)cc3)C2)cc1)N1CCCC1. The van der Waals surface area contributed by atoms with Crippen LogP contribution in [-0.2, 0) is 0 Å². The summed E-state index contributed by atoms with van der Waals surface area (Å²) >= 11 is 5.92. The second kappa shape index (κ2) is 9.52. The Kier molecular flexibility index (Phi) is 6.58. The van der Waals surface area contributed by atoms with Crippen molar-refractivity contribution in [3.05, 3.63) is 64.7 Å². The van der Waals surface area contributed by atoms with Crippen LogP contribution in [-0.4, -0.2) is 54.4 Å². The predicted molar refractivity (Wildman–Crippen MR) is 117 cm³/mol. The first kappa shape index (κ1) is 20.7. The highest BCUT2D eigenvalue weighted by Crippen LogP contribution is 2.22. The minimum Gasteiger partial charge on any atom is -0.493 e. The molecule has 0 aromatic heterocycles. The van der Waals surface area contributed by atoms with Crippen molar-refractivity contribution in [2.24, 2.45) is 5.92 Å². The molecule has 0 saturated carbocycles. The summed E-state index contributed by atoms with van der Waals surface area (Å²) in [5.41, 5.74) is 1.38. The minimum atomic E-state index is 0.0427. The quantitative estimate of drug-likeness (QED) is 0.706. The molecule has 0 aliphatic carbocycles. The lowest BCUT2D eigenvalue weighted by atomic mass is 9.98. The molecule has 2 heterocycles. The smallest absolute Gasteiger partial charge is 0.253 e. The molecular weight excluding hydrogens is 400 g/mol. The van der Waals surface area contributed by atoms with Gasteiger partial charge in [-0.05, 0) is 74.2 Å². The van der Waals surface area contributed by atoms with E-state index in [0.29, 0.717) is 35.2 Å². The molecule has 2 aliphatic rings. The monoisotopic (exact) mass is 426 g/mol. The first-order valence-corrected chi connectivity index (χ1v) is 11.0. The maximum atomic E-state index is 12.7. The first-order chi connectivity index (χ1) is 14.6. The number of hydrogen-bond acceptors (Lipinski definition) is 3. The van der Waals surface area contributed by atoms with Crippen LogP contribution in [0.3, 0.4) is 0 Å². The van der Waals surface area contributed by atoms with Gasteiger partial charge in [0.05, 0.1) is 6.61 Å². The van der Waals surface area contributed by atoms with Gasteiger partial charge in [-0.15, -0.1) is 0 Å². The highest BCUT2D eigenvalue weighted by Gasteiger charge is 2.25. The second-order valence-electron chi connectivity index (χ2n) is 8.10. The number of nitrogens with zero attached hydrogens (tertiary/aromatic N) is 2. The van der Waals surface area contributed by atoms with E-state index in [9.17, 15) is 9.59 Å². The molecule has 6 heteroatoms. The van der Waals surface area contributed by atoms with Gasteiger partial charge in [0.2, 0.25) is 0 Å². The Balaban J connectivity index is 1.29. The van der Waals surface area contributed by atoms with Crippen LogP contribution in [0.1, 0.15) is 46.4 Å². The van der Waals surface area contributed by atoms with E-state index in [4.69, 9.17) is 16.3 Å². The van der Waals surface area contributed by atoms with Crippen molar-refractivity contribution >= 4 is 23.4 Å². The maximum Gasteiger partial charge on any atom is 0.253 e. The van der Waals surface area contributed by atoms with Crippen LogP contribution in [0.15, 0.2) is 48.5 Å². The van der Waals surface area contributed by atoms with Gasteiger partial charge < -0.3 is 14.5 Å². The molecule has 0 radical (unpaired) electrons. The third-order valence-corrected chi connectivity index (χ3v) is 6.13. The molecule has 2 aliphatic heterocycles. The van der Waals surface area contributed by atoms with Gasteiger partial charge in [-0.25, -0.2) is 0 Å². The van der Waals surface area contributed by atoms with Gasteiger partial charge >= 0.3 is 0 Å². The molecule has 2 aromatic rings. The lowest BCUT2D eigenvalue weighted by Gasteiger charge is -2.32. The Morgan fingerprint density at radius 3 is 2.07 bits per heavy atom. The van der Waals surface area contributed by atoms with Crippen molar-refractivity contribution in [1.82, 2.24) is 9.80 Å². The first-order valence-electron chi connectivity index (χ1n) is 10.7. The lowest BCUT2D eigenvalue weighted by Crippen LogP contribution is -2.41. The fourth-order valence-corrected chi connectivity index (χ4v) is 4.30. The highest BCUT2D eigenvalue weighted by molar-refractivity contribution is 6.30. The molecular formula is C24H27ClN2O3. The van der Waals surface area contributed by atoms with E-state index in [1.165, 1.54) is 0 Å². The molecule has 2 amide bonds. The van der Waals surface area contributed by atoms with E-state index in [1.54, 1.807) is 24.3 Å². The average molecular weight is 427 g/mol. The van der Waals surface area contributed by atoms with Crippen LogP contribution in [0.2, 0.25) is 5.02 Å². The second-order valence-corrected chi connectivity index (χ2v) is 8.54. The molecule has 1 atom stereocenters. The molecule has 0 bridgehead atoms. The van der Waals surface area contributed by atoms with E-state index in [2.05, 4.69) is 0 Å². The largest absolute Gasteiger partial charge is 0.493 e. The van der Waals surface area contributed by atoms with Crippen molar-refractivity contribution in [2.75, 3.05) is 32.8 Å². The van der Waals surface area contributed by atoms with Gasteiger partial charge in [-0.3, -0.25) is 9.59 Å². The van der Waals surface area contributed by atoms with Crippen molar-refractivity contribution in [3.8, 4) is 5.75 Å². The fraction of sp³-hybridized carbons (Fsp3) is 0.417. The average Bonchev–Trinajstić information content (AvgIpc) is 3.33. The maximum absolute atomic E-state index is 12.7. The van der Waals surface area contributed by atoms with Crippen LogP contribution in [0.25, 0.3) is 0 Å². The molecule has 2 aromatic carbocycles. The molecule has 1 unspecified atom stereocenters. The van der Waals surface area contributed by atoms with Crippen molar-refractivity contribution in [3.63, 3.8) is 0 Å². The summed E-state index contributed by atoms with van der Waals surface area (Å²) in [7, 11) is 0. The van der Waals surface area contributed by atoms with E-state index in [1.807, 2.05) is 34.1 Å². The standard InChI is InChI=1S/C24H27ClN2O3/c25-21-9-5-19(6-10-21)24(29)27-15-3-4-18(16-27)17-30-22-11-7-20(8-12-22)23(28)26-13-1-2-14-26/h5-12,18H,1-4,13-17H2. The van der Waals surface area contributed by atoms with E-state index >= 15 is 0 Å². The van der Waals surface area contributed by atoms with Gasteiger partial charge in [0, 0.05) is 48.2 Å². The summed E-state index contributed by atoms with van der Waals surface area (Å²) in [4.78, 5) is 29.0. The van der Waals surface area contributed by atoms with Crippen LogP contribution in [0.5, 0.6) is 5.75 Å². The number of carbonyl (C=O) groups is 2. The molecule has 0 spiro atoms. The summed E-state index contributed by atoms with van der Waals surface area (Å²) in [5, 5.41) is 0.629. The van der Waals surface area contributed by atoms with Crippen LogP contribution in [0.4, 0.5) is 0 Å². The van der Waals surface area contributed by atoms with Gasteiger partial charge in [0.1, 0.15) is 5.75 Å². The zero-order chi connectivity index (χ0) is 20.9. The number of likely N-dealkylation sites (tertiary alicyclic amines) is 2. The Hall–Kier alpha value is -2.53. The van der Waals surface area contributed by atoms with Crippen molar-refractivity contribution < 1.29 is 14.3 Å². The summed E-state index contributed by atoms with van der Waals surface area (Å²) in [6, 6.07) is 14.5. The predicted octanol–water partition coefficient (Wildman–Crippen LogP) is 4.51. The Bertz CT molecular complexity index is 876. The molecule has 30 heavy (non-hydrogen) atoms. The highest BCUT2D eigenvalue weighted by atomic mass is 35.5. The number of rotatable bonds is 5. The third-order valence-electron chi connectivity index (χ3n) is 5.88. The fourth-order valence-electron chi connectivity index (χ4n) is 4.17. The topological polar surface area (TPSA) is 49.9 Å². The normalized spacial score (nSPS) is 19.0. The number of ether oxygens (including phenoxy) is 1. The van der Waals surface area contributed by atoms with Gasteiger partial charge in [-0.2, -0.15) is 0 Å². The molecule has 158 valence electrons. The van der Waals surface area contributed by atoms with Crippen molar-refractivity contribution in [2.45, 2.75) is 25.7 Å². The summed E-state index contributed by atoms with van der Waals surface area (Å²) < 4.78 is 5.97. The van der Waals surface area contributed by atoms with Gasteiger partial charge in [0.25, 0.3) is 11.8 Å². The zero-order valence-electron chi connectivity index (χ0n) is 17.1. The molecule has 5 nitrogen and oxygen atoms in total. The van der Waals surface area contributed by atoms with Crippen LogP contribution >= 0.6 is 11.6 Å². The number of halogens is 1. The summed E-state index contributed by atoms with van der Waals surface area (Å²) in [6.07, 6.45) is 4.18. The molecule has 2 saturated heterocycles. The van der Waals surface area contributed by atoms with Gasteiger partial charge in [-0.1, -0.05) is 11.6 Å².